The fourth-order valence-electron chi connectivity index (χ4n) is 3.24. The summed E-state index contributed by atoms with van der Waals surface area (Å²) in [5.41, 5.74) is 1.46. The number of hydrogen-bond acceptors (Lipinski definition) is 2. The van der Waals surface area contributed by atoms with E-state index >= 15 is 0 Å². The smallest absolute Gasteiger partial charge is 0.0195 e. The van der Waals surface area contributed by atoms with Crippen molar-refractivity contribution in [2.45, 2.75) is 45.6 Å². The summed E-state index contributed by atoms with van der Waals surface area (Å²) in [5, 5.41) is 3.63. The Kier molecular flexibility index (Phi) is 6.06. The van der Waals surface area contributed by atoms with E-state index in [1.165, 1.54) is 44.6 Å². The van der Waals surface area contributed by atoms with Crippen LogP contribution in [0.4, 0.5) is 0 Å². The zero-order valence-electron chi connectivity index (χ0n) is 13.3. The monoisotopic (exact) mass is 274 g/mol. The fraction of sp³-hybridized carbons (Fsp3) is 0.667. The maximum Gasteiger partial charge on any atom is 0.0195 e. The molecule has 1 N–H and O–H groups in total. The van der Waals surface area contributed by atoms with E-state index < -0.39 is 0 Å². The minimum absolute atomic E-state index is 0.608. The predicted molar refractivity (Wildman–Crippen MR) is 87.2 cm³/mol. The average Bonchev–Trinajstić information content (AvgIpc) is 2.91. The molecule has 2 rings (SSSR count). The molecule has 2 atom stereocenters. The van der Waals surface area contributed by atoms with E-state index in [0.717, 1.165) is 5.92 Å². The minimum atomic E-state index is 0.608. The molecule has 1 saturated heterocycles. The molecule has 1 aromatic rings. The van der Waals surface area contributed by atoms with E-state index in [4.69, 9.17) is 0 Å². The Morgan fingerprint density at radius 3 is 2.50 bits per heavy atom. The van der Waals surface area contributed by atoms with Crippen molar-refractivity contribution in [1.29, 1.82) is 0 Å². The molecule has 0 saturated carbocycles. The third kappa shape index (κ3) is 4.92. The Morgan fingerprint density at radius 2 is 1.90 bits per heavy atom. The van der Waals surface area contributed by atoms with Gasteiger partial charge in [0.1, 0.15) is 0 Å². The van der Waals surface area contributed by atoms with Gasteiger partial charge in [0.05, 0.1) is 0 Å². The lowest BCUT2D eigenvalue weighted by Crippen LogP contribution is -2.41. The van der Waals surface area contributed by atoms with Crippen LogP contribution in [0.15, 0.2) is 30.3 Å². The van der Waals surface area contributed by atoms with Crippen LogP contribution in [-0.2, 0) is 0 Å². The zero-order valence-corrected chi connectivity index (χ0v) is 13.3. The van der Waals surface area contributed by atoms with Gasteiger partial charge in [-0.25, -0.2) is 0 Å². The van der Waals surface area contributed by atoms with E-state index in [-0.39, 0.29) is 0 Å². The van der Waals surface area contributed by atoms with Gasteiger partial charge in [-0.15, -0.1) is 0 Å². The van der Waals surface area contributed by atoms with Crippen molar-refractivity contribution < 1.29 is 0 Å². The van der Waals surface area contributed by atoms with Crippen molar-refractivity contribution in [2.24, 2.45) is 5.92 Å². The first-order chi connectivity index (χ1) is 9.65. The molecule has 1 heterocycles. The van der Waals surface area contributed by atoms with E-state index in [2.05, 4.69) is 61.3 Å². The SMILES string of the molecule is CC(C)CN(CC1CCCN1)CC(C)c1ccccc1. The Balaban J connectivity index is 1.92. The van der Waals surface area contributed by atoms with Crippen molar-refractivity contribution >= 4 is 0 Å². The van der Waals surface area contributed by atoms with Crippen LogP contribution in [0.25, 0.3) is 0 Å². The number of benzene rings is 1. The molecule has 0 aromatic heterocycles. The molecular weight excluding hydrogens is 244 g/mol. The fourth-order valence-corrected chi connectivity index (χ4v) is 3.24. The molecule has 1 aromatic carbocycles. The highest BCUT2D eigenvalue weighted by Gasteiger charge is 2.20. The van der Waals surface area contributed by atoms with E-state index in [1.54, 1.807) is 0 Å². The van der Waals surface area contributed by atoms with Gasteiger partial charge in [-0.3, -0.25) is 0 Å². The minimum Gasteiger partial charge on any atom is -0.313 e. The summed E-state index contributed by atoms with van der Waals surface area (Å²) in [6.45, 7) is 11.8. The van der Waals surface area contributed by atoms with E-state index in [9.17, 15) is 0 Å². The highest BCUT2D eigenvalue weighted by Crippen LogP contribution is 2.18. The van der Waals surface area contributed by atoms with Crippen molar-refractivity contribution in [3.63, 3.8) is 0 Å². The molecule has 20 heavy (non-hydrogen) atoms. The maximum atomic E-state index is 3.63. The highest BCUT2D eigenvalue weighted by molar-refractivity contribution is 5.19. The second-order valence-electron chi connectivity index (χ2n) is 6.72. The summed E-state index contributed by atoms with van der Waals surface area (Å²) in [6.07, 6.45) is 2.68. The van der Waals surface area contributed by atoms with Crippen molar-refractivity contribution in [1.82, 2.24) is 10.2 Å². The summed E-state index contributed by atoms with van der Waals surface area (Å²) in [7, 11) is 0. The summed E-state index contributed by atoms with van der Waals surface area (Å²) in [4.78, 5) is 2.66. The van der Waals surface area contributed by atoms with Gasteiger partial charge in [0.15, 0.2) is 0 Å². The summed E-state index contributed by atoms with van der Waals surface area (Å²) >= 11 is 0. The molecule has 0 radical (unpaired) electrons. The van der Waals surface area contributed by atoms with Crippen LogP contribution in [-0.4, -0.2) is 37.1 Å². The van der Waals surface area contributed by atoms with Crippen LogP contribution < -0.4 is 5.32 Å². The summed E-state index contributed by atoms with van der Waals surface area (Å²) in [5.74, 6) is 1.34. The molecule has 1 aliphatic heterocycles. The number of rotatable bonds is 7. The molecule has 1 aliphatic rings. The molecule has 2 nitrogen and oxygen atoms in total. The van der Waals surface area contributed by atoms with E-state index in [1.807, 2.05) is 0 Å². The van der Waals surface area contributed by atoms with Gasteiger partial charge < -0.3 is 10.2 Å². The van der Waals surface area contributed by atoms with Crippen molar-refractivity contribution in [3.8, 4) is 0 Å². The molecule has 0 bridgehead atoms. The largest absolute Gasteiger partial charge is 0.313 e. The summed E-state index contributed by atoms with van der Waals surface area (Å²) < 4.78 is 0. The van der Waals surface area contributed by atoms with Crippen LogP contribution in [0, 0.1) is 5.92 Å². The average molecular weight is 274 g/mol. The number of nitrogens with one attached hydrogen (secondary N) is 1. The maximum absolute atomic E-state index is 3.63. The van der Waals surface area contributed by atoms with Gasteiger partial charge in [-0.05, 0) is 36.8 Å². The third-order valence-corrected chi connectivity index (χ3v) is 4.16. The second-order valence-corrected chi connectivity index (χ2v) is 6.72. The van der Waals surface area contributed by atoms with Gasteiger partial charge in [-0.2, -0.15) is 0 Å². The second kappa shape index (κ2) is 7.80. The van der Waals surface area contributed by atoms with Crippen LogP contribution in [0.1, 0.15) is 45.1 Å². The number of nitrogens with zero attached hydrogens (tertiary/aromatic N) is 1. The number of hydrogen-bond donors (Lipinski definition) is 1. The van der Waals surface area contributed by atoms with Crippen molar-refractivity contribution in [2.75, 3.05) is 26.2 Å². The van der Waals surface area contributed by atoms with Gasteiger partial charge >= 0.3 is 0 Å². The van der Waals surface area contributed by atoms with Gasteiger partial charge in [0, 0.05) is 25.7 Å². The topological polar surface area (TPSA) is 15.3 Å². The lowest BCUT2D eigenvalue weighted by Gasteiger charge is -2.30. The van der Waals surface area contributed by atoms with Crippen LogP contribution in [0.3, 0.4) is 0 Å². The zero-order chi connectivity index (χ0) is 14.4. The molecule has 0 spiro atoms. The highest BCUT2D eigenvalue weighted by atomic mass is 15.2. The first-order valence-electron chi connectivity index (χ1n) is 8.16. The van der Waals surface area contributed by atoms with Crippen LogP contribution in [0.5, 0.6) is 0 Å². The predicted octanol–water partition coefficient (Wildman–Crippen LogP) is 3.50. The normalized spacial score (nSPS) is 20.8. The first kappa shape index (κ1) is 15.5. The van der Waals surface area contributed by atoms with Crippen molar-refractivity contribution in [3.05, 3.63) is 35.9 Å². The Hall–Kier alpha value is -0.860. The lowest BCUT2D eigenvalue weighted by molar-refractivity contribution is 0.214. The van der Waals surface area contributed by atoms with Crippen LogP contribution in [0.2, 0.25) is 0 Å². The molecular formula is C18H30N2. The molecule has 0 amide bonds. The summed E-state index contributed by atoms with van der Waals surface area (Å²) in [6, 6.07) is 11.6. The molecule has 0 aliphatic carbocycles. The van der Waals surface area contributed by atoms with Gasteiger partial charge in [0.25, 0.3) is 0 Å². The Bertz CT molecular complexity index is 368. The van der Waals surface area contributed by atoms with Gasteiger partial charge in [-0.1, -0.05) is 51.1 Å². The molecule has 112 valence electrons. The van der Waals surface area contributed by atoms with Gasteiger partial charge in [0.2, 0.25) is 0 Å². The Morgan fingerprint density at radius 1 is 1.15 bits per heavy atom. The molecule has 2 heteroatoms. The first-order valence-corrected chi connectivity index (χ1v) is 8.16. The van der Waals surface area contributed by atoms with E-state index in [0.29, 0.717) is 12.0 Å². The Labute approximate surface area is 124 Å². The quantitative estimate of drug-likeness (QED) is 0.818. The third-order valence-electron chi connectivity index (χ3n) is 4.16. The standard InChI is InChI=1S/C18H30N2/c1-15(2)12-20(14-18-10-7-11-19-18)13-16(3)17-8-5-4-6-9-17/h4-6,8-9,15-16,18-19H,7,10-14H2,1-3H3. The van der Waals surface area contributed by atoms with Crippen LogP contribution >= 0.6 is 0 Å². The molecule has 1 fully saturated rings. The molecule has 2 unspecified atom stereocenters. The lowest BCUT2D eigenvalue weighted by atomic mass is 10.00.